The molecular formula is C75H81F15N18O3. The van der Waals surface area contributed by atoms with E-state index in [1.807, 2.05) is 35.1 Å². The minimum Gasteiger partial charge on any atom is -0.378 e. The van der Waals surface area contributed by atoms with E-state index in [4.69, 9.17) is 14.2 Å². The third kappa shape index (κ3) is 19.4. The summed E-state index contributed by atoms with van der Waals surface area (Å²) in [6, 6.07) is 11.1. The van der Waals surface area contributed by atoms with Gasteiger partial charge in [-0.2, -0.15) is 39.5 Å². The molecule has 0 aliphatic carbocycles. The molecule has 3 N–H and O–H groups in total. The molecule has 6 aliphatic heterocycles. The number of rotatable bonds is 15. The zero-order chi connectivity index (χ0) is 78.5. The number of aromatic nitrogens is 6. The number of pyridine rings is 6. The summed E-state index contributed by atoms with van der Waals surface area (Å²) in [7, 11) is 0. The Kier molecular flexibility index (Phi) is 24.4. The molecule has 6 aromatic heterocycles. The smallest absolute Gasteiger partial charge is 0.378 e. The van der Waals surface area contributed by atoms with Crippen molar-refractivity contribution in [3.05, 3.63) is 143 Å². The van der Waals surface area contributed by atoms with Crippen LogP contribution < -0.4 is 50.2 Å². The SMILES string of the molecule is Cc1c(N2CCN(CC(F)(F)F)CC2)nc2cc(F)cc(F)c2c1N(CC(F)(F)F)c1cncc(N2CCOCC2)c1.Cc1c(N2CCN(CC(F)(F)F)CC2)nc2cc(F)cc(F)c2c1Nc1cncc(N2CCOCC2)c1.Cc1c(N2CCNCC2)nc2cc(F)cc(F)c2c1Nc1cncc(N2CCOCC2)c1. The molecule has 6 saturated heterocycles. The number of morpholine rings is 3. The maximum absolute atomic E-state index is 15.4. The fraction of sp³-hybridized carbons (Fsp3) is 0.440. The number of halogens is 15. The van der Waals surface area contributed by atoms with Gasteiger partial charge in [-0.1, -0.05) is 0 Å². The van der Waals surface area contributed by atoms with Crippen molar-refractivity contribution >= 4 is 101 Å². The normalized spacial score (nSPS) is 17.3. The van der Waals surface area contributed by atoms with E-state index in [0.717, 1.165) is 110 Å². The molecule has 12 heterocycles. The van der Waals surface area contributed by atoms with E-state index in [1.54, 1.807) is 30.4 Å². The van der Waals surface area contributed by atoms with Crippen LogP contribution in [0.2, 0.25) is 0 Å². The van der Waals surface area contributed by atoms with Gasteiger partial charge in [0, 0.05) is 171 Å². The van der Waals surface area contributed by atoms with Crippen molar-refractivity contribution in [2.45, 2.75) is 39.3 Å². The summed E-state index contributed by atoms with van der Waals surface area (Å²) in [6.45, 7) is 13.5. The van der Waals surface area contributed by atoms with Crippen LogP contribution in [0.15, 0.2) is 91.8 Å². The minimum absolute atomic E-state index is 0.0172. The molecule has 36 heteroatoms. The second kappa shape index (κ2) is 34.1. The van der Waals surface area contributed by atoms with Gasteiger partial charge in [0.1, 0.15) is 58.9 Å². The zero-order valence-electron chi connectivity index (χ0n) is 60.9. The number of anilines is 12. The maximum Gasteiger partial charge on any atom is 0.406 e. The molecule has 0 amide bonds. The molecule has 0 radical (unpaired) electrons. The number of hydrogen-bond acceptors (Lipinski definition) is 21. The van der Waals surface area contributed by atoms with Crippen LogP contribution in [-0.4, -0.2) is 235 Å². The van der Waals surface area contributed by atoms with Crippen molar-refractivity contribution in [1.29, 1.82) is 0 Å². The Bertz CT molecular complexity index is 4760. The van der Waals surface area contributed by atoms with Gasteiger partial charge in [0.25, 0.3) is 0 Å². The van der Waals surface area contributed by atoms with Crippen LogP contribution in [0, 0.1) is 55.7 Å². The predicted octanol–water partition coefficient (Wildman–Crippen LogP) is 13.1. The summed E-state index contributed by atoms with van der Waals surface area (Å²) in [6.07, 6.45) is -3.76. The summed E-state index contributed by atoms with van der Waals surface area (Å²) in [5.41, 5.74) is 6.40. The average Bonchev–Trinajstić information content (AvgIpc) is 0.757. The van der Waals surface area contributed by atoms with E-state index in [1.165, 1.54) is 41.2 Å². The number of ether oxygens (including phenoxy) is 3. The molecule has 0 unspecified atom stereocenters. The van der Waals surface area contributed by atoms with E-state index in [0.29, 0.717) is 112 Å². The van der Waals surface area contributed by atoms with Crippen molar-refractivity contribution < 1.29 is 80.1 Å². The summed E-state index contributed by atoms with van der Waals surface area (Å²) in [4.78, 5) is 41.8. The van der Waals surface area contributed by atoms with Gasteiger partial charge < -0.3 is 64.5 Å². The first-order chi connectivity index (χ1) is 53.1. The average molecular weight is 1570 g/mol. The van der Waals surface area contributed by atoms with Gasteiger partial charge in [0.2, 0.25) is 0 Å². The standard InChI is InChI=1S/C27H28F8N6O.C25H27F5N6O.C23H26F2N6O/c1-17-24(41(16-27(33,34)35)20-12-19(13-36-14-20)39-6-8-42-9-7-39)23-21(29)10-18(28)11-22(23)37-25(17)40-4-2-38(3-5-40)15-26(30,31)32;1-16-23(32-18-12-19(14-31-13-18)35-6-8-37-9-7-35)22-20(27)10-17(26)11-21(22)33-24(16)36-4-2-34(3-5-36)15-25(28,29)30;1-15-22(28-17-12-18(14-27-13-17)30-6-8-32-9-7-30)21-19(25)10-16(24)11-20(21)29-23(15)31-4-2-26-3-5-31/h10-14H,2-9,15-16H2,1H3;10-14H,2-9,15H2,1H3,(H,32,33);10-14,26H,2-9H2,1H3,(H,28,29). The van der Waals surface area contributed by atoms with Gasteiger partial charge in [-0.05, 0) is 39.0 Å². The lowest BCUT2D eigenvalue weighted by molar-refractivity contribution is -0.147. The summed E-state index contributed by atoms with van der Waals surface area (Å²) >= 11 is 0. The van der Waals surface area contributed by atoms with E-state index < -0.39 is 73.1 Å². The first kappa shape index (κ1) is 79.3. The Morgan fingerprint density at radius 3 is 1.13 bits per heavy atom. The molecule has 9 aromatic rings. The number of nitrogens with zero attached hydrogens (tertiary/aromatic N) is 15. The van der Waals surface area contributed by atoms with Crippen molar-refractivity contribution in [1.82, 2.24) is 45.0 Å². The molecule has 111 heavy (non-hydrogen) atoms. The Labute approximate surface area is 628 Å². The van der Waals surface area contributed by atoms with E-state index >= 15 is 8.78 Å². The van der Waals surface area contributed by atoms with Gasteiger partial charge in [0.05, 0.1) is 174 Å². The number of piperazine rings is 3. The van der Waals surface area contributed by atoms with Gasteiger partial charge >= 0.3 is 18.5 Å². The highest BCUT2D eigenvalue weighted by atomic mass is 19.4. The quantitative estimate of drug-likeness (QED) is 0.0828. The number of benzene rings is 3. The molecule has 6 fully saturated rings. The van der Waals surface area contributed by atoms with Crippen LogP contribution in [0.1, 0.15) is 16.7 Å². The van der Waals surface area contributed by atoms with Crippen molar-refractivity contribution in [3.63, 3.8) is 0 Å². The van der Waals surface area contributed by atoms with Crippen molar-refractivity contribution in [3.8, 4) is 0 Å². The van der Waals surface area contributed by atoms with Crippen molar-refractivity contribution in [2.24, 2.45) is 0 Å². The topological polar surface area (TPSA) is 170 Å². The van der Waals surface area contributed by atoms with Crippen LogP contribution in [0.3, 0.4) is 0 Å². The Morgan fingerprint density at radius 1 is 0.387 bits per heavy atom. The molecule has 0 saturated carbocycles. The van der Waals surface area contributed by atoms with Gasteiger partial charge in [0.15, 0.2) is 0 Å². The Balaban J connectivity index is 0.000000147. The van der Waals surface area contributed by atoms with E-state index in [2.05, 4.69) is 60.6 Å². The molecule has 3 aromatic carbocycles. The third-order valence-corrected chi connectivity index (χ3v) is 19.9. The molecule has 15 rings (SSSR count). The predicted molar refractivity (Wildman–Crippen MR) is 395 cm³/mol. The molecule has 0 atom stereocenters. The highest BCUT2D eigenvalue weighted by Crippen LogP contribution is 2.45. The lowest BCUT2D eigenvalue weighted by atomic mass is 10.0. The van der Waals surface area contributed by atoms with Crippen LogP contribution in [0.25, 0.3) is 32.7 Å². The summed E-state index contributed by atoms with van der Waals surface area (Å²) in [5.74, 6) is -3.51. The third-order valence-electron chi connectivity index (χ3n) is 19.9. The second-order valence-electron chi connectivity index (χ2n) is 27.6. The molecule has 21 nitrogen and oxygen atoms in total. The van der Waals surface area contributed by atoms with Crippen LogP contribution >= 0.6 is 0 Å². The van der Waals surface area contributed by atoms with E-state index in [-0.39, 0.29) is 89.2 Å². The second-order valence-corrected chi connectivity index (χ2v) is 27.6. The highest BCUT2D eigenvalue weighted by molar-refractivity contribution is 6.01. The van der Waals surface area contributed by atoms with Crippen LogP contribution in [0.5, 0.6) is 0 Å². The van der Waals surface area contributed by atoms with E-state index in [9.17, 15) is 57.1 Å². The fourth-order valence-corrected chi connectivity index (χ4v) is 14.7. The number of nitrogens with one attached hydrogen (secondary N) is 3. The molecular weight excluding hydrogens is 1490 g/mol. The fourth-order valence-electron chi connectivity index (χ4n) is 14.7. The van der Waals surface area contributed by atoms with Crippen molar-refractivity contribution in [2.75, 3.05) is 222 Å². The molecule has 6 aliphatic rings. The first-order valence-electron chi connectivity index (χ1n) is 36.2. The summed E-state index contributed by atoms with van der Waals surface area (Å²) < 4.78 is 224. The van der Waals surface area contributed by atoms with Gasteiger partial charge in [-0.25, -0.2) is 41.3 Å². The van der Waals surface area contributed by atoms with Gasteiger partial charge in [-0.3, -0.25) is 24.8 Å². The highest BCUT2D eigenvalue weighted by Gasteiger charge is 2.38. The molecule has 0 bridgehead atoms. The van der Waals surface area contributed by atoms with Crippen LogP contribution in [0.4, 0.5) is 134 Å². The largest absolute Gasteiger partial charge is 0.406 e. The molecule has 0 spiro atoms. The number of alkyl halides is 9. The summed E-state index contributed by atoms with van der Waals surface area (Å²) in [5, 5.41) is 10.1. The molecule has 594 valence electrons. The lowest BCUT2D eigenvalue weighted by Gasteiger charge is -2.37. The monoisotopic (exact) mass is 1570 g/mol. The Morgan fingerprint density at radius 2 is 0.739 bits per heavy atom. The van der Waals surface area contributed by atoms with Crippen LogP contribution in [-0.2, 0) is 14.2 Å². The number of hydrogen-bond donors (Lipinski definition) is 3. The number of fused-ring (bicyclic) bond motifs is 3. The maximum atomic E-state index is 15.4. The minimum atomic E-state index is -4.74. The lowest BCUT2D eigenvalue weighted by Crippen LogP contribution is -2.49. The van der Waals surface area contributed by atoms with Gasteiger partial charge in [-0.15, -0.1) is 0 Å². The first-order valence-corrected chi connectivity index (χ1v) is 36.2. The zero-order valence-corrected chi connectivity index (χ0v) is 60.9. The Hall–Kier alpha value is -9.75.